The van der Waals surface area contributed by atoms with Gasteiger partial charge in [-0.05, 0) is 37.1 Å². The van der Waals surface area contributed by atoms with Gasteiger partial charge < -0.3 is 10.0 Å². The minimum Gasteiger partial charge on any atom is -0.481 e. The van der Waals surface area contributed by atoms with Crippen LogP contribution < -0.4 is 0 Å². The Morgan fingerprint density at radius 1 is 1.12 bits per heavy atom. The summed E-state index contributed by atoms with van der Waals surface area (Å²) < 4.78 is 27.0. The molecule has 0 radical (unpaired) electrons. The summed E-state index contributed by atoms with van der Waals surface area (Å²) in [5, 5.41) is 8.94. The Morgan fingerprint density at radius 2 is 1.65 bits per heavy atom. The normalized spacial score (nSPS) is 17.3. The van der Waals surface area contributed by atoms with Crippen molar-refractivity contribution in [2.45, 2.75) is 37.5 Å². The fourth-order valence-electron chi connectivity index (χ4n) is 2.99. The maximum absolute atomic E-state index is 12.7. The lowest BCUT2D eigenvalue weighted by Crippen LogP contribution is -2.34. The molecule has 1 atom stereocenters. The summed E-state index contributed by atoms with van der Waals surface area (Å²) in [4.78, 5) is 24.8. The molecule has 0 saturated carbocycles. The Labute approximate surface area is 154 Å². The lowest BCUT2D eigenvalue weighted by molar-refractivity contribution is -0.141. The summed E-state index contributed by atoms with van der Waals surface area (Å²) in [6, 6.07) is 5.85. The van der Waals surface area contributed by atoms with Gasteiger partial charge in [-0.15, -0.1) is 0 Å². The van der Waals surface area contributed by atoms with Crippen molar-refractivity contribution in [3.05, 3.63) is 29.8 Å². The molecule has 1 aliphatic rings. The molecule has 1 saturated heterocycles. The number of aliphatic carboxylic acids is 1. The van der Waals surface area contributed by atoms with E-state index in [0.717, 1.165) is 25.7 Å². The molecule has 1 aromatic carbocycles. The van der Waals surface area contributed by atoms with Crippen LogP contribution in [0.5, 0.6) is 0 Å². The molecule has 0 aliphatic carbocycles. The molecule has 26 heavy (non-hydrogen) atoms. The third kappa shape index (κ3) is 4.82. The number of carboxylic acids is 1. The largest absolute Gasteiger partial charge is 0.481 e. The second-order valence-corrected chi connectivity index (χ2v) is 8.71. The number of rotatable bonds is 6. The molecule has 1 aliphatic heterocycles. The molecular formula is C18H26N2O5S. The van der Waals surface area contributed by atoms with Crippen LogP contribution in [0.2, 0.25) is 0 Å². The van der Waals surface area contributed by atoms with E-state index in [1.54, 1.807) is 0 Å². The van der Waals surface area contributed by atoms with Gasteiger partial charge in [0.15, 0.2) is 0 Å². The molecule has 1 fully saturated rings. The quantitative estimate of drug-likeness (QED) is 0.812. The lowest BCUT2D eigenvalue weighted by atomic mass is 10.1. The van der Waals surface area contributed by atoms with E-state index in [4.69, 9.17) is 5.11 Å². The molecule has 8 heteroatoms. The average Bonchev–Trinajstić information content (AvgIpc) is 2.91. The highest BCUT2D eigenvalue weighted by Gasteiger charge is 2.25. The molecule has 144 valence electrons. The van der Waals surface area contributed by atoms with E-state index in [9.17, 15) is 18.0 Å². The van der Waals surface area contributed by atoms with Crippen LogP contribution in [0.1, 0.15) is 43.0 Å². The van der Waals surface area contributed by atoms with Crippen LogP contribution in [0.25, 0.3) is 0 Å². The fraction of sp³-hybridized carbons (Fsp3) is 0.556. The number of amides is 1. The summed E-state index contributed by atoms with van der Waals surface area (Å²) in [6.45, 7) is 2.67. The molecule has 7 nitrogen and oxygen atoms in total. The maximum Gasteiger partial charge on any atom is 0.308 e. The molecule has 1 amide bonds. The number of carbonyl (C=O) groups excluding carboxylic acids is 1. The molecular weight excluding hydrogens is 356 g/mol. The van der Waals surface area contributed by atoms with Crippen molar-refractivity contribution in [1.29, 1.82) is 0 Å². The molecule has 0 spiro atoms. The Morgan fingerprint density at radius 3 is 2.15 bits per heavy atom. The minimum atomic E-state index is -3.55. The molecule has 1 heterocycles. The third-order valence-corrected chi connectivity index (χ3v) is 6.53. The Balaban J connectivity index is 2.11. The predicted octanol–water partition coefficient (Wildman–Crippen LogP) is 2.04. The highest BCUT2D eigenvalue weighted by atomic mass is 32.2. The van der Waals surface area contributed by atoms with Gasteiger partial charge in [0.2, 0.25) is 10.0 Å². The zero-order valence-electron chi connectivity index (χ0n) is 15.2. The van der Waals surface area contributed by atoms with Gasteiger partial charge in [-0.1, -0.05) is 19.8 Å². The van der Waals surface area contributed by atoms with Crippen molar-refractivity contribution in [3.63, 3.8) is 0 Å². The van der Waals surface area contributed by atoms with Crippen molar-refractivity contribution in [3.8, 4) is 0 Å². The van der Waals surface area contributed by atoms with E-state index in [2.05, 4.69) is 0 Å². The van der Waals surface area contributed by atoms with Gasteiger partial charge in [0.1, 0.15) is 0 Å². The van der Waals surface area contributed by atoms with Gasteiger partial charge in [-0.25, -0.2) is 8.42 Å². The topological polar surface area (TPSA) is 95.0 Å². The van der Waals surface area contributed by atoms with Crippen molar-refractivity contribution in [2.75, 3.05) is 26.7 Å². The van der Waals surface area contributed by atoms with Crippen LogP contribution in [-0.2, 0) is 14.8 Å². The van der Waals surface area contributed by atoms with Crippen LogP contribution in [0.15, 0.2) is 29.2 Å². The number of sulfonamides is 1. The van der Waals surface area contributed by atoms with Crippen molar-refractivity contribution in [1.82, 2.24) is 9.21 Å². The second-order valence-electron chi connectivity index (χ2n) is 6.77. The maximum atomic E-state index is 12.7. The summed E-state index contributed by atoms with van der Waals surface area (Å²) >= 11 is 0. The van der Waals surface area contributed by atoms with E-state index in [1.807, 2.05) is 0 Å². The van der Waals surface area contributed by atoms with Crippen LogP contribution >= 0.6 is 0 Å². The molecule has 0 aromatic heterocycles. The first-order valence-corrected chi connectivity index (χ1v) is 10.3. The van der Waals surface area contributed by atoms with Crippen LogP contribution in [0.4, 0.5) is 0 Å². The molecule has 1 N–H and O–H groups in total. The summed E-state index contributed by atoms with van der Waals surface area (Å²) in [7, 11) is -2.02. The molecule has 1 unspecified atom stereocenters. The first-order chi connectivity index (χ1) is 12.2. The summed E-state index contributed by atoms with van der Waals surface area (Å²) in [5.41, 5.74) is 0.333. The highest BCUT2D eigenvalue weighted by Crippen LogP contribution is 2.21. The number of nitrogens with zero attached hydrogens (tertiary/aromatic N) is 2. The molecule has 1 aromatic rings. The van der Waals surface area contributed by atoms with Crippen molar-refractivity contribution < 1.29 is 23.1 Å². The van der Waals surface area contributed by atoms with Crippen molar-refractivity contribution in [2.24, 2.45) is 5.92 Å². The lowest BCUT2D eigenvalue weighted by Gasteiger charge is -2.21. The molecule has 0 bridgehead atoms. The van der Waals surface area contributed by atoms with E-state index in [-0.39, 0.29) is 17.3 Å². The van der Waals surface area contributed by atoms with E-state index >= 15 is 0 Å². The smallest absolute Gasteiger partial charge is 0.308 e. The fourth-order valence-corrected chi connectivity index (χ4v) is 4.51. The Kier molecular flexibility index (Phi) is 6.77. The number of carbonyl (C=O) groups is 2. The van der Waals surface area contributed by atoms with E-state index in [0.29, 0.717) is 18.7 Å². The second kappa shape index (κ2) is 8.64. The summed E-state index contributed by atoms with van der Waals surface area (Å²) in [5.74, 6) is -1.98. The van der Waals surface area contributed by atoms with E-state index < -0.39 is 21.9 Å². The number of hydrogen-bond donors (Lipinski definition) is 1. The van der Waals surface area contributed by atoms with Gasteiger partial charge >= 0.3 is 5.97 Å². The van der Waals surface area contributed by atoms with Gasteiger partial charge in [0.05, 0.1) is 10.8 Å². The predicted molar refractivity (Wildman–Crippen MR) is 97.4 cm³/mol. The first kappa shape index (κ1) is 20.4. The van der Waals surface area contributed by atoms with Crippen LogP contribution in [0, 0.1) is 5.92 Å². The zero-order valence-corrected chi connectivity index (χ0v) is 16.0. The van der Waals surface area contributed by atoms with Crippen LogP contribution in [0.3, 0.4) is 0 Å². The highest BCUT2D eigenvalue weighted by molar-refractivity contribution is 7.89. The van der Waals surface area contributed by atoms with Gasteiger partial charge in [-0.3, -0.25) is 9.59 Å². The molecule has 2 rings (SSSR count). The zero-order chi connectivity index (χ0) is 19.3. The van der Waals surface area contributed by atoms with Gasteiger partial charge in [0.25, 0.3) is 5.91 Å². The Hall–Kier alpha value is -1.93. The van der Waals surface area contributed by atoms with E-state index in [1.165, 1.54) is 47.4 Å². The first-order valence-electron chi connectivity index (χ1n) is 8.82. The number of benzene rings is 1. The number of hydrogen-bond acceptors (Lipinski definition) is 4. The average molecular weight is 382 g/mol. The monoisotopic (exact) mass is 382 g/mol. The third-order valence-electron chi connectivity index (χ3n) is 4.62. The number of carboxylic acid groups (broad SMARTS) is 1. The Bertz CT molecular complexity index is 737. The van der Waals surface area contributed by atoms with Gasteiger partial charge in [-0.2, -0.15) is 4.31 Å². The minimum absolute atomic E-state index is 0.0853. The van der Waals surface area contributed by atoms with Crippen LogP contribution in [-0.4, -0.2) is 61.3 Å². The SMILES string of the molecule is CC(CN(C)C(=O)c1ccc(S(=O)(=O)N2CCCCCC2)cc1)C(=O)O. The standard InChI is InChI=1S/C18H26N2O5S/c1-14(18(22)23)13-19(2)17(21)15-7-9-16(10-8-15)26(24,25)20-11-5-3-4-6-12-20/h7-10,14H,3-6,11-13H2,1-2H3,(H,22,23). The van der Waals surface area contributed by atoms with Gasteiger partial charge in [0, 0.05) is 32.2 Å². The summed E-state index contributed by atoms with van der Waals surface area (Å²) in [6.07, 6.45) is 3.81. The van der Waals surface area contributed by atoms with Crippen molar-refractivity contribution >= 4 is 21.9 Å².